The summed E-state index contributed by atoms with van der Waals surface area (Å²) in [5, 5.41) is 9.32. The van der Waals surface area contributed by atoms with Crippen LogP contribution in [-0.4, -0.2) is 54.7 Å². The van der Waals surface area contributed by atoms with Crippen LogP contribution in [0.15, 0.2) is 30.3 Å². The maximum Gasteiger partial charge on any atom is 0.326 e. The lowest BCUT2D eigenvalue weighted by atomic mass is 10.1. The first-order valence-electron chi connectivity index (χ1n) is 8.91. The van der Waals surface area contributed by atoms with E-state index < -0.39 is 34.0 Å². The average molecular weight is 382 g/mol. The number of carboxylic acid groups (broad SMARTS) is 1. The normalized spacial score (nSPS) is 18.7. The van der Waals surface area contributed by atoms with E-state index in [2.05, 4.69) is 4.72 Å². The molecule has 1 aliphatic heterocycles. The van der Waals surface area contributed by atoms with Crippen LogP contribution < -0.4 is 4.72 Å². The number of likely N-dealkylation sites (tertiary alicyclic amines) is 1. The number of nitrogens with one attached hydrogen (secondary N) is 1. The van der Waals surface area contributed by atoms with Crippen molar-refractivity contribution in [3.63, 3.8) is 0 Å². The molecule has 0 radical (unpaired) electrons. The molecule has 1 aliphatic rings. The van der Waals surface area contributed by atoms with E-state index in [4.69, 9.17) is 0 Å². The summed E-state index contributed by atoms with van der Waals surface area (Å²) in [7, 11) is -3.62. The Morgan fingerprint density at radius 2 is 2.00 bits per heavy atom. The van der Waals surface area contributed by atoms with Crippen molar-refractivity contribution in [2.75, 3.05) is 12.3 Å². The van der Waals surface area contributed by atoms with Crippen LogP contribution in [0, 0.1) is 0 Å². The molecule has 8 heteroatoms. The van der Waals surface area contributed by atoms with E-state index in [1.165, 1.54) is 4.90 Å². The smallest absolute Gasteiger partial charge is 0.326 e. The van der Waals surface area contributed by atoms with Crippen LogP contribution in [0.2, 0.25) is 0 Å². The molecule has 1 amide bonds. The summed E-state index contributed by atoms with van der Waals surface area (Å²) >= 11 is 0. The maximum absolute atomic E-state index is 13.0. The maximum atomic E-state index is 13.0. The van der Waals surface area contributed by atoms with Gasteiger partial charge in [-0.05, 0) is 31.2 Å². The molecule has 1 aromatic rings. The molecule has 0 aliphatic carbocycles. The number of hydrogen-bond donors (Lipinski definition) is 2. The third kappa shape index (κ3) is 5.54. The predicted molar refractivity (Wildman–Crippen MR) is 98.1 cm³/mol. The highest BCUT2D eigenvalue weighted by Crippen LogP contribution is 2.20. The Hall–Kier alpha value is -1.93. The van der Waals surface area contributed by atoms with Gasteiger partial charge in [0.05, 0.1) is 5.75 Å². The quantitative estimate of drug-likeness (QED) is 0.672. The SMILES string of the molecule is CCCCS(=O)(=O)N[C@H](Cc1ccccc1)C(=O)N1CCC[C@H]1C(=O)O. The van der Waals surface area contributed by atoms with E-state index in [0.29, 0.717) is 25.8 Å². The lowest BCUT2D eigenvalue weighted by molar-refractivity contribution is -0.148. The molecular formula is C18H26N2O5S. The highest BCUT2D eigenvalue weighted by Gasteiger charge is 2.38. The summed E-state index contributed by atoms with van der Waals surface area (Å²) < 4.78 is 27.2. The van der Waals surface area contributed by atoms with E-state index in [-0.39, 0.29) is 12.2 Å². The minimum Gasteiger partial charge on any atom is -0.480 e. The van der Waals surface area contributed by atoms with Gasteiger partial charge in [0.15, 0.2) is 0 Å². The Labute approximate surface area is 154 Å². The molecule has 0 saturated carbocycles. The van der Waals surface area contributed by atoms with Crippen molar-refractivity contribution in [3.8, 4) is 0 Å². The van der Waals surface area contributed by atoms with Crippen molar-refractivity contribution in [1.82, 2.24) is 9.62 Å². The van der Waals surface area contributed by atoms with Gasteiger partial charge >= 0.3 is 5.97 Å². The van der Waals surface area contributed by atoms with Crippen molar-refractivity contribution in [2.45, 2.75) is 51.1 Å². The van der Waals surface area contributed by atoms with Gasteiger partial charge < -0.3 is 10.0 Å². The van der Waals surface area contributed by atoms with Crippen LogP contribution in [0.4, 0.5) is 0 Å². The van der Waals surface area contributed by atoms with Gasteiger partial charge in [-0.25, -0.2) is 17.9 Å². The third-order valence-corrected chi connectivity index (χ3v) is 5.96. The van der Waals surface area contributed by atoms with Gasteiger partial charge in [0, 0.05) is 6.54 Å². The Balaban J connectivity index is 2.21. The van der Waals surface area contributed by atoms with E-state index in [1.54, 1.807) is 0 Å². The molecule has 1 fully saturated rings. The number of rotatable bonds is 9. The van der Waals surface area contributed by atoms with Crippen LogP contribution in [0.1, 0.15) is 38.2 Å². The molecule has 2 N–H and O–H groups in total. The molecule has 1 aromatic carbocycles. The fourth-order valence-corrected chi connectivity index (χ4v) is 4.53. The zero-order chi connectivity index (χ0) is 19.2. The minimum atomic E-state index is -3.62. The van der Waals surface area contributed by atoms with Gasteiger partial charge in [-0.3, -0.25) is 4.79 Å². The number of sulfonamides is 1. The van der Waals surface area contributed by atoms with Crippen molar-refractivity contribution < 1.29 is 23.1 Å². The molecule has 144 valence electrons. The summed E-state index contributed by atoms with van der Waals surface area (Å²) in [6.45, 7) is 2.22. The molecular weight excluding hydrogens is 356 g/mol. The van der Waals surface area contributed by atoms with E-state index in [0.717, 1.165) is 12.0 Å². The number of amides is 1. The Bertz CT molecular complexity index is 720. The van der Waals surface area contributed by atoms with Gasteiger partial charge in [-0.15, -0.1) is 0 Å². The third-order valence-electron chi connectivity index (χ3n) is 4.49. The van der Waals surface area contributed by atoms with Gasteiger partial charge in [-0.2, -0.15) is 0 Å². The van der Waals surface area contributed by atoms with Crippen molar-refractivity contribution >= 4 is 21.9 Å². The second-order valence-corrected chi connectivity index (χ2v) is 8.43. The highest BCUT2D eigenvalue weighted by atomic mass is 32.2. The highest BCUT2D eigenvalue weighted by molar-refractivity contribution is 7.89. The number of carboxylic acids is 1. The van der Waals surface area contributed by atoms with Crippen LogP contribution in [0.5, 0.6) is 0 Å². The molecule has 0 bridgehead atoms. The number of benzene rings is 1. The summed E-state index contributed by atoms with van der Waals surface area (Å²) in [4.78, 5) is 25.6. The molecule has 1 saturated heterocycles. The van der Waals surface area contributed by atoms with Crippen molar-refractivity contribution in [3.05, 3.63) is 35.9 Å². The number of nitrogens with zero attached hydrogens (tertiary/aromatic N) is 1. The Morgan fingerprint density at radius 3 is 2.62 bits per heavy atom. The van der Waals surface area contributed by atoms with Crippen LogP contribution >= 0.6 is 0 Å². The second-order valence-electron chi connectivity index (χ2n) is 6.56. The van der Waals surface area contributed by atoms with E-state index in [1.807, 2.05) is 37.3 Å². The van der Waals surface area contributed by atoms with E-state index in [9.17, 15) is 23.1 Å². The van der Waals surface area contributed by atoms with Gasteiger partial charge in [0.25, 0.3) is 0 Å². The summed E-state index contributed by atoms with van der Waals surface area (Å²) in [6, 6.07) is 7.22. The van der Waals surface area contributed by atoms with Crippen LogP contribution in [-0.2, 0) is 26.0 Å². The molecule has 0 spiro atoms. The molecule has 26 heavy (non-hydrogen) atoms. The fraction of sp³-hybridized carbons (Fsp3) is 0.556. The predicted octanol–water partition coefficient (Wildman–Crippen LogP) is 1.39. The molecule has 1 heterocycles. The molecule has 2 rings (SSSR count). The Kier molecular flexibility index (Phi) is 7.16. The molecule has 7 nitrogen and oxygen atoms in total. The van der Waals surface area contributed by atoms with E-state index >= 15 is 0 Å². The Morgan fingerprint density at radius 1 is 1.31 bits per heavy atom. The average Bonchev–Trinajstić information content (AvgIpc) is 3.09. The zero-order valence-corrected chi connectivity index (χ0v) is 15.7. The van der Waals surface area contributed by atoms with Gasteiger partial charge in [0.2, 0.25) is 15.9 Å². The lowest BCUT2D eigenvalue weighted by Crippen LogP contribution is -2.52. The summed E-state index contributed by atoms with van der Waals surface area (Å²) in [6.07, 6.45) is 2.41. The van der Waals surface area contributed by atoms with Gasteiger partial charge in [-0.1, -0.05) is 43.7 Å². The standard InChI is InChI=1S/C18H26N2O5S/c1-2-3-12-26(24,25)19-15(13-14-8-5-4-6-9-14)17(21)20-11-7-10-16(20)18(22)23/h4-6,8-9,15-16,19H,2-3,7,10-13H2,1H3,(H,22,23)/t15-,16+/m1/s1. The number of unbranched alkanes of at least 4 members (excludes halogenated alkanes) is 1. The number of carbonyl (C=O) groups is 2. The van der Waals surface area contributed by atoms with Gasteiger partial charge in [0.1, 0.15) is 12.1 Å². The number of aliphatic carboxylic acids is 1. The summed E-state index contributed by atoms with van der Waals surface area (Å²) in [5.41, 5.74) is 0.815. The summed E-state index contributed by atoms with van der Waals surface area (Å²) in [5.74, 6) is -1.58. The largest absolute Gasteiger partial charge is 0.480 e. The fourth-order valence-electron chi connectivity index (χ4n) is 3.13. The number of carbonyl (C=O) groups excluding carboxylic acids is 1. The second kappa shape index (κ2) is 9.14. The topological polar surface area (TPSA) is 104 Å². The first-order valence-corrected chi connectivity index (χ1v) is 10.6. The number of hydrogen-bond acceptors (Lipinski definition) is 4. The molecule has 0 aromatic heterocycles. The lowest BCUT2D eigenvalue weighted by Gasteiger charge is -2.27. The zero-order valence-electron chi connectivity index (χ0n) is 14.9. The van der Waals surface area contributed by atoms with Crippen molar-refractivity contribution in [2.24, 2.45) is 0 Å². The van der Waals surface area contributed by atoms with Crippen molar-refractivity contribution in [1.29, 1.82) is 0 Å². The molecule has 2 atom stereocenters. The molecule has 0 unspecified atom stereocenters. The monoisotopic (exact) mass is 382 g/mol. The minimum absolute atomic E-state index is 0.0512. The first kappa shape index (κ1) is 20.4. The van der Waals surface area contributed by atoms with Crippen LogP contribution in [0.3, 0.4) is 0 Å². The van der Waals surface area contributed by atoms with Crippen LogP contribution in [0.25, 0.3) is 0 Å². The first-order chi connectivity index (χ1) is 12.3.